The Bertz CT molecular complexity index is 2010. The highest BCUT2D eigenvalue weighted by molar-refractivity contribution is 6.22. The van der Waals surface area contributed by atoms with Gasteiger partial charge in [-0.25, -0.2) is 0 Å². The Balaban J connectivity index is 0.855. The predicted molar refractivity (Wildman–Crippen MR) is 202 cm³/mol. The minimum atomic E-state index is -0.943. The van der Waals surface area contributed by atoms with E-state index in [-0.39, 0.29) is 47.6 Å². The van der Waals surface area contributed by atoms with Crippen molar-refractivity contribution in [2.75, 3.05) is 26.3 Å². The standard InChI is InChI=1S/C45H50N2O8/c1-42-18-15-31(54-24-7-22-46-38(48)32-9-3-4-10-33(32)39(46)49)27-29(42)13-14-37-36(42)16-19-43(2)44(37,52)20-21-45(43,30-17-26-53-28-30)55-25-8-23-47-40(50)34-11-5-6-12-35(34)41(47)51/h3-6,9-12,17,26-28,31,36-37,52H,7-8,13-16,18-25H2,1-2H3/t31?,36-,37-,42+,43+,44-,45?/m1/s1. The Hall–Kier alpha value is -4.38. The molecule has 9 rings (SSSR count). The summed E-state index contributed by atoms with van der Waals surface area (Å²) in [5.74, 6) is -0.535. The minimum Gasteiger partial charge on any atom is -0.472 e. The molecule has 1 aromatic heterocycles. The van der Waals surface area contributed by atoms with E-state index in [1.165, 1.54) is 15.4 Å². The summed E-state index contributed by atoms with van der Waals surface area (Å²) in [7, 11) is 0. The lowest BCUT2D eigenvalue weighted by Crippen LogP contribution is -2.64. The number of carbonyl (C=O) groups excluding carboxylic acids is 4. The van der Waals surface area contributed by atoms with Gasteiger partial charge in [0.25, 0.3) is 23.6 Å². The van der Waals surface area contributed by atoms with E-state index >= 15 is 0 Å². The third kappa shape index (κ3) is 5.31. The molecule has 3 saturated carbocycles. The second-order valence-electron chi connectivity index (χ2n) is 17.1. The zero-order valence-corrected chi connectivity index (χ0v) is 31.8. The SMILES string of the molecule is C[C@]12CCC(OCCCN3C(=O)c4ccccc4C3=O)C=C1CC[C@@H]1[C@H]2CC[C@]2(C)C(OCCCN3C(=O)c4ccccc4C3=O)(c3ccoc3)CC[C@@]12O. The number of benzene rings is 2. The summed E-state index contributed by atoms with van der Waals surface area (Å²) in [5.41, 5.74) is 1.90. The molecule has 0 spiro atoms. The molecule has 7 atom stereocenters. The van der Waals surface area contributed by atoms with Gasteiger partial charge in [-0.3, -0.25) is 29.0 Å². The van der Waals surface area contributed by atoms with Gasteiger partial charge in [-0.05, 0) is 112 Å². The van der Waals surface area contributed by atoms with Crippen molar-refractivity contribution in [2.24, 2.45) is 22.7 Å². The van der Waals surface area contributed by atoms with Crippen LogP contribution in [0.15, 0.2) is 83.2 Å². The Morgan fingerprint density at radius 3 is 1.91 bits per heavy atom. The van der Waals surface area contributed by atoms with Gasteiger partial charge < -0.3 is 19.0 Å². The molecule has 2 aromatic carbocycles. The van der Waals surface area contributed by atoms with Crippen molar-refractivity contribution in [1.29, 1.82) is 0 Å². The fourth-order valence-electron chi connectivity index (χ4n) is 11.9. The van der Waals surface area contributed by atoms with Crippen molar-refractivity contribution >= 4 is 23.6 Å². The van der Waals surface area contributed by atoms with E-state index in [4.69, 9.17) is 13.9 Å². The van der Waals surface area contributed by atoms with Crippen molar-refractivity contribution in [3.05, 3.63) is 107 Å². The first-order chi connectivity index (χ1) is 26.5. The highest BCUT2D eigenvalue weighted by Crippen LogP contribution is 2.72. The molecule has 2 unspecified atom stereocenters. The summed E-state index contributed by atoms with van der Waals surface area (Å²) in [5, 5.41) is 13.1. The molecule has 10 heteroatoms. The average Bonchev–Trinajstić information content (AvgIpc) is 3.93. The fourth-order valence-corrected chi connectivity index (χ4v) is 11.9. The van der Waals surface area contributed by atoms with Crippen LogP contribution in [0.5, 0.6) is 0 Å². The van der Waals surface area contributed by atoms with Crippen molar-refractivity contribution in [1.82, 2.24) is 9.80 Å². The molecule has 0 bridgehead atoms. The predicted octanol–water partition coefficient (Wildman–Crippen LogP) is 7.33. The molecule has 10 nitrogen and oxygen atoms in total. The molecule has 0 radical (unpaired) electrons. The second kappa shape index (κ2) is 13.4. The summed E-state index contributed by atoms with van der Waals surface area (Å²) in [6.07, 6.45) is 13.6. The lowest BCUT2D eigenvalue weighted by atomic mass is 9.44. The number of ether oxygens (including phenoxy) is 2. The number of allylic oxidation sites excluding steroid dienone is 1. The number of aliphatic hydroxyl groups is 1. The Kier molecular flexibility index (Phi) is 8.83. The quantitative estimate of drug-likeness (QED) is 0.123. The van der Waals surface area contributed by atoms with Gasteiger partial charge in [0.05, 0.1) is 46.5 Å². The molecule has 4 amide bonds. The van der Waals surface area contributed by atoms with E-state index in [1.54, 1.807) is 61.1 Å². The normalized spacial score (nSPS) is 33.7. The number of nitrogens with zero attached hydrogens (tertiary/aromatic N) is 2. The maximum Gasteiger partial charge on any atom is 0.261 e. The van der Waals surface area contributed by atoms with Gasteiger partial charge >= 0.3 is 0 Å². The number of hydrogen-bond acceptors (Lipinski definition) is 8. The van der Waals surface area contributed by atoms with Gasteiger partial charge in [0.15, 0.2) is 0 Å². The molecule has 0 saturated heterocycles. The van der Waals surface area contributed by atoms with Crippen LogP contribution < -0.4 is 0 Å². The highest BCUT2D eigenvalue weighted by atomic mass is 16.5. The molecule has 1 N–H and O–H groups in total. The van der Waals surface area contributed by atoms with Gasteiger partial charge in [-0.15, -0.1) is 0 Å². The van der Waals surface area contributed by atoms with Crippen LogP contribution in [-0.4, -0.2) is 76.5 Å². The van der Waals surface area contributed by atoms with E-state index in [9.17, 15) is 24.3 Å². The summed E-state index contributed by atoms with van der Waals surface area (Å²) >= 11 is 0. The van der Waals surface area contributed by atoms with E-state index < -0.39 is 16.6 Å². The van der Waals surface area contributed by atoms with Gasteiger partial charge in [0, 0.05) is 37.3 Å². The first kappa shape index (κ1) is 36.3. The van der Waals surface area contributed by atoms with E-state index in [2.05, 4.69) is 19.9 Å². The molecular formula is C45H50N2O8. The first-order valence-corrected chi connectivity index (χ1v) is 20.1. The molecule has 6 aliphatic rings. The van der Waals surface area contributed by atoms with Crippen LogP contribution in [-0.2, 0) is 15.1 Å². The average molecular weight is 747 g/mol. The number of amides is 4. The van der Waals surface area contributed by atoms with E-state index in [0.717, 1.165) is 44.1 Å². The second-order valence-corrected chi connectivity index (χ2v) is 17.1. The van der Waals surface area contributed by atoms with E-state index in [1.807, 2.05) is 6.07 Å². The van der Waals surface area contributed by atoms with Crippen LogP contribution in [0.2, 0.25) is 0 Å². The van der Waals surface area contributed by atoms with Crippen molar-refractivity contribution in [2.45, 2.75) is 95.4 Å². The van der Waals surface area contributed by atoms with Gasteiger partial charge in [0.2, 0.25) is 0 Å². The minimum absolute atomic E-state index is 0.00678. The van der Waals surface area contributed by atoms with Crippen LogP contribution in [0.3, 0.4) is 0 Å². The van der Waals surface area contributed by atoms with Crippen LogP contribution in [0.25, 0.3) is 0 Å². The Labute approximate surface area is 321 Å². The molecule has 4 aliphatic carbocycles. The Morgan fingerprint density at radius 2 is 1.33 bits per heavy atom. The highest BCUT2D eigenvalue weighted by Gasteiger charge is 2.72. The van der Waals surface area contributed by atoms with Crippen molar-refractivity contribution < 1.29 is 38.2 Å². The van der Waals surface area contributed by atoms with Gasteiger partial charge in [0.1, 0.15) is 5.60 Å². The largest absolute Gasteiger partial charge is 0.472 e. The van der Waals surface area contributed by atoms with Crippen LogP contribution in [0.1, 0.15) is 125 Å². The summed E-state index contributed by atoms with van der Waals surface area (Å²) in [6, 6.07) is 15.9. The molecule has 2 aliphatic heterocycles. The van der Waals surface area contributed by atoms with E-state index in [0.29, 0.717) is 73.6 Å². The fraction of sp³-hybridized carbons (Fsp3) is 0.511. The number of rotatable bonds is 11. The lowest BCUT2D eigenvalue weighted by Gasteiger charge is -2.63. The van der Waals surface area contributed by atoms with Crippen LogP contribution in [0.4, 0.5) is 0 Å². The van der Waals surface area contributed by atoms with Gasteiger partial charge in [-0.2, -0.15) is 0 Å². The molecule has 55 heavy (non-hydrogen) atoms. The summed E-state index contributed by atoms with van der Waals surface area (Å²) in [4.78, 5) is 54.2. The molecule has 3 heterocycles. The summed E-state index contributed by atoms with van der Waals surface area (Å²) in [6.45, 7) is 6.02. The smallest absolute Gasteiger partial charge is 0.261 e. The number of carbonyl (C=O) groups is 4. The zero-order valence-electron chi connectivity index (χ0n) is 31.8. The molecule has 3 aromatic rings. The number of imide groups is 2. The number of fused-ring (bicyclic) bond motifs is 7. The summed E-state index contributed by atoms with van der Waals surface area (Å²) < 4.78 is 19.0. The van der Waals surface area contributed by atoms with Crippen LogP contribution in [0, 0.1) is 22.7 Å². The van der Waals surface area contributed by atoms with Crippen molar-refractivity contribution in [3.63, 3.8) is 0 Å². The molecule has 288 valence electrons. The molecular weight excluding hydrogens is 697 g/mol. The maximum absolute atomic E-state index is 13.1. The lowest BCUT2D eigenvalue weighted by molar-refractivity contribution is -0.235. The zero-order chi connectivity index (χ0) is 38.2. The number of hydrogen-bond donors (Lipinski definition) is 1. The Morgan fingerprint density at radius 1 is 0.727 bits per heavy atom. The molecule has 3 fully saturated rings. The third-order valence-electron chi connectivity index (χ3n) is 14.8. The van der Waals surface area contributed by atoms with Crippen molar-refractivity contribution in [3.8, 4) is 0 Å². The van der Waals surface area contributed by atoms with Gasteiger partial charge in [-0.1, -0.05) is 49.8 Å². The maximum atomic E-state index is 13.1. The first-order valence-electron chi connectivity index (χ1n) is 20.1. The van der Waals surface area contributed by atoms with Crippen LogP contribution >= 0.6 is 0 Å². The third-order valence-corrected chi connectivity index (χ3v) is 14.8. The monoisotopic (exact) mass is 746 g/mol. The topological polar surface area (TPSA) is 127 Å². The number of furan rings is 1.